The van der Waals surface area contributed by atoms with Crippen molar-refractivity contribution in [2.24, 2.45) is 0 Å². The molecule has 2 aromatic carbocycles. The van der Waals surface area contributed by atoms with Gasteiger partial charge in [-0.2, -0.15) is 0 Å². The lowest BCUT2D eigenvalue weighted by molar-refractivity contribution is 0.0692. The number of hydrogen-bond acceptors (Lipinski definition) is 1. The van der Waals surface area contributed by atoms with Crippen LogP contribution in [0.25, 0.3) is 11.1 Å². The van der Waals surface area contributed by atoms with Crippen LogP contribution in [0, 0.1) is 5.82 Å². The number of aromatic carboxylic acids is 1. The van der Waals surface area contributed by atoms with Crippen molar-refractivity contribution in [3.05, 3.63) is 58.4 Å². The third-order valence-corrected chi connectivity index (χ3v) is 3.48. The first kappa shape index (κ1) is 14.5. The Morgan fingerprint density at radius 2 is 1.75 bits per heavy atom. The van der Waals surface area contributed by atoms with E-state index in [-0.39, 0.29) is 5.56 Å². The summed E-state index contributed by atoms with van der Waals surface area (Å²) < 4.78 is 13.7. The molecular formula is C16H14ClFO2. The molecule has 0 fully saturated rings. The Balaban J connectivity index is 2.45. The quantitative estimate of drug-likeness (QED) is 0.867. The number of benzene rings is 2. The summed E-state index contributed by atoms with van der Waals surface area (Å²) in [5.74, 6) is -1.72. The number of carbonyl (C=O) groups is 1. The highest BCUT2D eigenvalue weighted by Gasteiger charge is 2.12. The second kappa shape index (κ2) is 5.63. The van der Waals surface area contributed by atoms with Crippen molar-refractivity contribution in [3.8, 4) is 11.1 Å². The predicted octanol–water partition coefficient (Wildman–Crippen LogP) is 4.97. The average molecular weight is 293 g/mol. The number of halogens is 2. The molecule has 0 heterocycles. The van der Waals surface area contributed by atoms with Gasteiger partial charge in [0.05, 0.1) is 5.56 Å². The molecule has 0 spiro atoms. The monoisotopic (exact) mass is 292 g/mol. The van der Waals surface area contributed by atoms with Gasteiger partial charge in [0, 0.05) is 5.02 Å². The molecule has 0 aliphatic carbocycles. The van der Waals surface area contributed by atoms with Crippen LogP contribution in [0.3, 0.4) is 0 Å². The zero-order chi connectivity index (χ0) is 14.9. The van der Waals surface area contributed by atoms with Crippen LogP contribution in [0.1, 0.15) is 35.7 Å². The van der Waals surface area contributed by atoms with Crippen LogP contribution in [-0.4, -0.2) is 11.1 Å². The van der Waals surface area contributed by atoms with Crippen molar-refractivity contribution in [2.75, 3.05) is 0 Å². The second-order valence-corrected chi connectivity index (χ2v) is 5.30. The van der Waals surface area contributed by atoms with Crippen LogP contribution in [0.2, 0.25) is 5.02 Å². The maximum atomic E-state index is 13.7. The van der Waals surface area contributed by atoms with Gasteiger partial charge in [-0.25, -0.2) is 9.18 Å². The Hall–Kier alpha value is -1.87. The first-order chi connectivity index (χ1) is 9.40. The summed E-state index contributed by atoms with van der Waals surface area (Å²) in [7, 11) is 0. The summed E-state index contributed by atoms with van der Waals surface area (Å²) in [6.07, 6.45) is 0. The normalized spacial score (nSPS) is 10.8. The minimum absolute atomic E-state index is 0.308. The molecule has 104 valence electrons. The van der Waals surface area contributed by atoms with E-state index in [2.05, 4.69) is 0 Å². The maximum Gasteiger partial charge on any atom is 0.338 e. The number of carboxylic acid groups (broad SMARTS) is 1. The molecule has 2 aromatic rings. The molecular weight excluding hydrogens is 279 g/mol. The van der Waals surface area contributed by atoms with Gasteiger partial charge < -0.3 is 5.11 Å². The SMILES string of the molecule is CC(C)c1ccc(-c2ccc(C(=O)O)c(F)c2)cc1Cl. The predicted molar refractivity (Wildman–Crippen MR) is 77.9 cm³/mol. The number of rotatable bonds is 3. The summed E-state index contributed by atoms with van der Waals surface area (Å²) in [6.45, 7) is 4.09. The highest BCUT2D eigenvalue weighted by molar-refractivity contribution is 6.31. The van der Waals surface area contributed by atoms with Crippen LogP contribution in [0.15, 0.2) is 36.4 Å². The van der Waals surface area contributed by atoms with E-state index in [1.807, 2.05) is 26.0 Å². The Morgan fingerprint density at radius 3 is 2.25 bits per heavy atom. The van der Waals surface area contributed by atoms with E-state index in [1.54, 1.807) is 12.1 Å². The van der Waals surface area contributed by atoms with Crippen LogP contribution in [0.5, 0.6) is 0 Å². The highest BCUT2D eigenvalue weighted by Crippen LogP contribution is 2.30. The summed E-state index contributed by atoms with van der Waals surface area (Å²) >= 11 is 6.21. The minimum atomic E-state index is -1.28. The van der Waals surface area contributed by atoms with E-state index in [4.69, 9.17) is 16.7 Å². The second-order valence-electron chi connectivity index (χ2n) is 4.89. The fraction of sp³-hybridized carbons (Fsp3) is 0.188. The van der Waals surface area contributed by atoms with Crippen LogP contribution in [-0.2, 0) is 0 Å². The molecule has 0 aromatic heterocycles. The van der Waals surface area contributed by atoms with Gasteiger partial charge in [-0.15, -0.1) is 0 Å². The Labute approximate surface area is 121 Å². The fourth-order valence-electron chi connectivity index (χ4n) is 2.04. The Bertz CT molecular complexity index is 666. The molecule has 2 nitrogen and oxygen atoms in total. The van der Waals surface area contributed by atoms with Crippen molar-refractivity contribution < 1.29 is 14.3 Å². The zero-order valence-electron chi connectivity index (χ0n) is 11.2. The smallest absolute Gasteiger partial charge is 0.338 e. The highest BCUT2D eigenvalue weighted by atomic mass is 35.5. The van der Waals surface area contributed by atoms with Gasteiger partial charge >= 0.3 is 5.97 Å². The molecule has 0 amide bonds. The maximum absolute atomic E-state index is 13.7. The van der Waals surface area contributed by atoms with Crippen LogP contribution in [0.4, 0.5) is 4.39 Å². The van der Waals surface area contributed by atoms with Gasteiger partial charge in [-0.05, 0) is 40.8 Å². The van der Waals surface area contributed by atoms with Crippen molar-refractivity contribution in [1.82, 2.24) is 0 Å². The van der Waals surface area contributed by atoms with E-state index < -0.39 is 11.8 Å². The molecule has 4 heteroatoms. The first-order valence-electron chi connectivity index (χ1n) is 6.23. The van der Waals surface area contributed by atoms with Crippen molar-refractivity contribution in [3.63, 3.8) is 0 Å². The third kappa shape index (κ3) is 2.83. The van der Waals surface area contributed by atoms with E-state index >= 15 is 0 Å². The molecule has 2 rings (SSSR count). The fourth-order valence-corrected chi connectivity index (χ4v) is 2.44. The largest absolute Gasteiger partial charge is 0.478 e. The number of carboxylic acids is 1. The lowest BCUT2D eigenvalue weighted by Crippen LogP contribution is -2.00. The summed E-state index contributed by atoms with van der Waals surface area (Å²) in [4.78, 5) is 10.8. The lowest BCUT2D eigenvalue weighted by Gasteiger charge is -2.10. The molecule has 20 heavy (non-hydrogen) atoms. The van der Waals surface area contributed by atoms with Gasteiger partial charge in [0.25, 0.3) is 0 Å². The van der Waals surface area contributed by atoms with Crippen molar-refractivity contribution in [2.45, 2.75) is 19.8 Å². The number of hydrogen-bond donors (Lipinski definition) is 1. The molecule has 0 atom stereocenters. The van der Waals surface area contributed by atoms with Crippen LogP contribution < -0.4 is 0 Å². The van der Waals surface area contributed by atoms with Gasteiger partial charge in [0.1, 0.15) is 5.82 Å². The van der Waals surface area contributed by atoms with Gasteiger partial charge in [0.2, 0.25) is 0 Å². The summed E-state index contributed by atoms with van der Waals surface area (Å²) in [5.41, 5.74) is 2.05. The molecule has 0 saturated carbocycles. The standard InChI is InChI=1S/C16H14ClFO2/c1-9(2)12-5-3-10(7-14(12)17)11-4-6-13(16(19)20)15(18)8-11/h3-9H,1-2H3,(H,19,20). The third-order valence-electron chi connectivity index (χ3n) is 3.16. The Kier molecular flexibility index (Phi) is 4.09. The zero-order valence-corrected chi connectivity index (χ0v) is 11.9. The molecule has 0 unspecified atom stereocenters. The first-order valence-corrected chi connectivity index (χ1v) is 6.60. The van der Waals surface area contributed by atoms with Crippen molar-refractivity contribution >= 4 is 17.6 Å². The molecule has 0 saturated heterocycles. The lowest BCUT2D eigenvalue weighted by atomic mass is 9.98. The van der Waals surface area contributed by atoms with E-state index in [9.17, 15) is 9.18 Å². The molecule has 0 aliphatic rings. The molecule has 0 bridgehead atoms. The van der Waals surface area contributed by atoms with Crippen LogP contribution >= 0.6 is 11.6 Å². The molecule has 0 radical (unpaired) electrons. The minimum Gasteiger partial charge on any atom is -0.478 e. The molecule has 0 aliphatic heterocycles. The van der Waals surface area contributed by atoms with E-state index in [0.717, 1.165) is 11.1 Å². The van der Waals surface area contributed by atoms with E-state index in [1.165, 1.54) is 12.1 Å². The summed E-state index contributed by atoms with van der Waals surface area (Å²) in [5, 5.41) is 9.43. The topological polar surface area (TPSA) is 37.3 Å². The van der Waals surface area contributed by atoms with Gasteiger partial charge in [0.15, 0.2) is 0 Å². The molecule has 1 N–H and O–H groups in total. The van der Waals surface area contributed by atoms with E-state index in [0.29, 0.717) is 16.5 Å². The summed E-state index contributed by atoms with van der Waals surface area (Å²) in [6, 6.07) is 9.59. The Morgan fingerprint density at radius 1 is 1.15 bits per heavy atom. The van der Waals surface area contributed by atoms with Crippen molar-refractivity contribution in [1.29, 1.82) is 0 Å². The van der Waals surface area contributed by atoms with Gasteiger partial charge in [-0.3, -0.25) is 0 Å². The average Bonchev–Trinajstić information content (AvgIpc) is 2.37. The van der Waals surface area contributed by atoms with Gasteiger partial charge in [-0.1, -0.05) is 43.6 Å².